The van der Waals surface area contributed by atoms with E-state index in [1.165, 1.54) is 6.20 Å². The summed E-state index contributed by atoms with van der Waals surface area (Å²) in [6.07, 6.45) is 1.49. The van der Waals surface area contributed by atoms with Crippen LogP contribution in [0.4, 0.5) is 0 Å². The van der Waals surface area contributed by atoms with Crippen molar-refractivity contribution in [2.24, 2.45) is 0 Å². The number of carboxylic acids is 1. The Kier molecular flexibility index (Phi) is 2.88. The van der Waals surface area contributed by atoms with E-state index in [2.05, 4.69) is 4.98 Å². The van der Waals surface area contributed by atoms with Gasteiger partial charge in [-0.3, -0.25) is 4.79 Å². The van der Waals surface area contributed by atoms with Crippen LogP contribution >= 0.6 is 11.6 Å². The summed E-state index contributed by atoms with van der Waals surface area (Å²) in [7, 11) is 0. The first-order valence-electron chi connectivity index (χ1n) is 3.87. The number of hydrogen-bond acceptors (Lipinski definition) is 2. The third kappa shape index (κ3) is 2.18. The number of nitrogens with zero attached hydrogens (tertiary/aromatic N) is 1. The molecular weight excluding hydrogens is 190 g/mol. The highest BCUT2D eigenvalue weighted by atomic mass is 35.5. The lowest BCUT2D eigenvalue weighted by atomic mass is 10.0. The van der Waals surface area contributed by atoms with Crippen molar-refractivity contribution in [3.05, 3.63) is 28.5 Å². The minimum Gasteiger partial charge on any atom is -0.481 e. The molecule has 13 heavy (non-hydrogen) atoms. The van der Waals surface area contributed by atoms with Gasteiger partial charge in [0.05, 0.1) is 5.92 Å². The number of pyridine rings is 1. The summed E-state index contributed by atoms with van der Waals surface area (Å²) in [5.74, 6) is -1.40. The van der Waals surface area contributed by atoms with Gasteiger partial charge in [-0.1, -0.05) is 17.7 Å². The molecule has 0 aliphatic rings. The van der Waals surface area contributed by atoms with Crippen LogP contribution in [-0.4, -0.2) is 16.1 Å². The van der Waals surface area contributed by atoms with Crippen LogP contribution in [0, 0.1) is 6.92 Å². The van der Waals surface area contributed by atoms with E-state index in [0.29, 0.717) is 10.7 Å². The van der Waals surface area contributed by atoms with Gasteiger partial charge in [-0.05, 0) is 25.0 Å². The Bertz CT molecular complexity index is 338. The maximum atomic E-state index is 10.6. The zero-order valence-electron chi connectivity index (χ0n) is 7.41. The second-order valence-electron chi connectivity index (χ2n) is 2.94. The average molecular weight is 200 g/mol. The van der Waals surface area contributed by atoms with E-state index < -0.39 is 11.9 Å². The van der Waals surface area contributed by atoms with Crippen LogP contribution in [0.1, 0.15) is 24.0 Å². The molecule has 1 aromatic rings. The fraction of sp³-hybridized carbons (Fsp3) is 0.333. The molecule has 0 saturated heterocycles. The summed E-state index contributed by atoms with van der Waals surface area (Å²) in [4.78, 5) is 14.5. The molecule has 0 radical (unpaired) electrons. The maximum Gasteiger partial charge on any atom is 0.310 e. The molecule has 0 saturated carbocycles. The molecule has 0 aromatic carbocycles. The largest absolute Gasteiger partial charge is 0.481 e. The van der Waals surface area contributed by atoms with Crippen LogP contribution in [0.3, 0.4) is 0 Å². The van der Waals surface area contributed by atoms with Gasteiger partial charge in [0.15, 0.2) is 0 Å². The molecule has 1 heterocycles. The first kappa shape index (κ1) is 9.99. The molecule has 3 nitrogen and oxygen atoms in total. The monoisotopic (exact) mass is 199 g/mol. The SMILES string of the molecule is Cc1cc(C(C)C(=O)O)cnc1Cl. The average Bonchev–Trinajstić information content (AvgIpc) is 2.08. The highest BCUT2D eigenvalue weighted by molar-refractivity contribution is 6.30. The van der Waals surface area contributed by atoms with Crippen LogP contribution in [0.25, 0.3) is 0 Å². The zero-order chi connectivity index (χ0) is 10.0. The van der Waals surface area contributed by atoms with Gasteiger partial charge in [-0.2, -0.15) is 0 Å². The minimum absolute atomic E-state index is 0.418. The second-order valence-corrected chi connectivity index (χ2v) is 3.29. The van der Waals surface area contributed by atoms with E-state index in [9.17, 15) is 4.79 Å². The normalized spacial score (nSPS) is 12.5. The first-order valence-corrected chi connectivity index (χ1v) is 4.25. The third-order valence-electron chi connectivity index (χ3n) is 1.91. The number of hydrogen-bond donors (Lipinski definition) is 1. The lowest BCUT2D eigenvalue weighted by molar-refractivity contribution is -0.138. The van der Waals surface area contributed by atoms with Crippen molar-refractivity contribution in [1.82, 2.24) is 4.98 Å². The van der Waals surface area contributed by atoms with Crippen molar-refractivity contribution < 1.29 is 9.90 Å². The van der Waals surface area contributed by atoms with Gasteiger partial charge in [0, 0.05) is 6.20 Å². The number of aryl methyl sites for hydroxylation is 1. The van der Waals surface area contributed by atoms with E-state index in [0.717, 1.165) is 5.56 Å². The fourth-order valence-electron chi connectivity index (χ4n) is 0.959. The Morgan fingerprint density at radius 2 is 2.31 bits per heavy atom. The van der Waals surface area contributed by atoms with Crippen LogP contribution in [-0.2, 0) is 4.79 Å². The first-order chi connectivity index (χ1) is 6.02. The molecule has 1 rings (SSSR count). The molecule has 4 heteroatoms. The molecule has 0 fully saturated rings. The summed E-state index contributed by atoms with van der Waals surface area (Å²) in [5, 5.41) is 9.15. The van der Waals surface area contributed by atoms with Crippen molar-refractivity contribution in [2.45, 2.75) is 19.8 Å². The molecule has 0 aliphatic carbocycles. The predicted molar refractivity (Wildman–Crippen MR) is 50.0 cm³/mol. The lowest BCUT2D eigenvalue weighted by Gasteiger charge is -2.06. The Morgan fingerprint density at radius 1 is 1.69 bits per heavy atom. The van der Waals surface area contributed by atoms with Crippen molar-refractivity contribution in [3.8, 4) is 0 Å². The summed E-state index contributed by atoms with van der Waals surface area (Å²) in [6.45, 7) is 3.42. The molecular formula is C9H10ClNO2. The Balaban J connectivity index is 3.03. The Labute approximate surface area is 81.4 Å². The van der Waals surface area contributed by atoms with E-state index in [4.69, 9.17) is 16.7 Å². The van der Waals surface area contributed by atoms with E-state index in [1.807, 2.05) is 0 Å². The summed E-state index contributed by atoms with van der Waals surface area (Å²) >= 11 is 5.71. The van der Waals surface area contributed by atoms with E-state index in [-0.39, 0.29) is 0 Å². The summed E-state index contributed by atoms with van der Waals surface area (Å²) in [6, 6.07) is 1.74. The zero-order valence-corrected chi connectivity index (χ0v) is 8.17. The van der Waals surface area contributed by atoms with Crippen molar-refractivity contribution in [1.29, 1.82) is 0 Å². The van der Waals surface area contributed by atoms with Crippen molar-refractivity contribution in [3.63, 3.8) is 0 Å². The van der Waals surface area contributed by atoms with Crippen LogP contribution in [0.15, 0.2) is 12.3 Å². The van der Waals surface area contributed by atoms with E-state index >= 15 is 0 Å². The topological polar surface area (TPSA) is 50.2 Å². The van der Waals surface area contributed by atoms with Gasteiger partial charge in [0.1, 0.15) is 5.15 Å². The highest BCUT2D eigenvalue weighted by Gasteiger charge is 2.14. The Hall–Kier alpha value is -1.09. The molecule has 1 N–H and O–H groups in total. The van der Waals surface area contributed by atoms with Crippen LogP contribution in [0.2, 0.25) is 5.15 Å². The van der Waals surface area contributed by atoms with Gasteiger partial charge in [-0.15, -0.1) is 0 Å². The highest BCUT2D eigenvalue weighted by Crippen LogP contribution is 2.19. The van der Waals surface area contributed by atoms with Gasteiger partial charge in [0.2, 0.25) is 0 Å². The molecule has 1 aromatic heterocycles. The van der Waals surface area contributed by atoms with Gasteiger partial charge in [0.25, 0.3) is 0 Å². The summed E-state index contributed by atoms with van der Waals surface area (Å²) < 4.78 is 0. The number of halogens is 1. The number of carbonyl (C=O) groups is 1. The van der Waals surface area contributed by atoms with Crippen LogP contribution < -0.4 is 0 Å². The molecule has 1 unspecified atom stereocenters. The predicted octanol–water partition coefficient (Wildman–Crippen LogP) is 2.23. The van der Waals surface area contributed by atoms with Gasteiger partial charge in [-0.25, -0.2) is 4.98 Å². The fourth-order valence-corrected chi connectivity index (χ4v) is 1.06. The third-order valence-corrected chi connectivity index (χ3v) is 2.30. The number of rotatable bonds is 2. The van der Waals surface area contributed by atoms with Crippen LogP contribution in [0.5, 0.6) is 0 Å². The Morgan fingerprint density at radius 3 is 2.77 bits per heavy atom. The number of carboxylic acid groups (broad SMARTS) is 1. The molecule has 0 aliphatic heterocycles. The quantitative estimate of drug-likeness (QED) is 0.744. The minimum atomic E-state index is -0.858. The molecule has 0 spiro atoms. The second kappa shape index (κ2) is 3.75. The number of aromatic nitrogens is 1. The standard InChI is InChI=1S/C9H10ClNO2/c1-5-3-7(4-11-8(5)10)6(2)9(12)13/h3-4,6H,1-2H3,(H,12,13). The van der Waals surface area contributed by atoms with E-state index in [1.54, 1.807) is 19.9 Å². The van der Waals surface area contributed by atoms with Crippen molar-refractivity contribution >= 4 is 17.6 Å². The molecule has 0 amide bonds. The lowest BCUT2D eigenvalue weighted by Crippen LogP contribution is -2.07. The number of aliphatic carboxylic acids is 1. The molecule has 1 atom stereocenters. The molecule has 70 valence electrons. The smallest absolute Gasteiger partial charge is 0.310 e. The maximum absolute atomic E-state index is 10.6. The van der Waals surface area contributed by atoms with Gasteiger partial charge >= 0.3 is 5.97 Å². The van der Waals surface area contributed by atoms with Crippen molar-refractivity contribution in [2.75, 3.05) is 0 Å². The summed E-state index contributed by atoms with van der Waals surface area (Å²) in [5.41, 5.74) is 1.47. The molecule has 0 bridgehead atoms. The van der Waals surface area contributed by atoms with Gasteiger partial charge < -0.3 is 5.11 Å².